The molecule has 0 aromatic heterocycles. The molecule has 0 saturated carbocycles. The summed E-state index contributed by atoms with van der Waals surface area (Å²) in [6, 6.07) is 0. The van der Waals surface area contributed by atoms with Gasteiger partial charge in [0.25, 0.3) is 0 Å². The Hall–Kier alpha value is -0.320. The summed E-state index contributed by atoms with van der Waals surface area (Å²) in [5.74, 6) is -2.74. The van der Waals surface area contributed by atoms with Crippen LogP contribution in [0.4, 0.5) is 0 Å². The SMILES string of the molecule is O=C([O-])/C=C/C=C/C(=O)[O-].[Ca+2]. The monoisotopic (exact) mass is 180 g/mol. The van der Waals surface area contributed by atoms with Gasteiger partial charge in [-0.1, -0.05) is 12.2 Å². The minimum absolute atomic E-state index is 0. The molecule has 5 heteroatoms. The largest absolute Gasteiger partial charge is 2.00 e. The number of hydrogen-bond acceptors (Lipinski definition) is 4. The summed E-state index contributed by atoms with van der Waals surface area (Å²) < 4.78 is 0. The van der Waals surface area contributed by atoms with E-state index in [2.05, 4.69) is 0 Å². The van der Waals surface area contributed by atoms with Crippen molar-refractivity contribution in [1.82, 2.24) is 0 Å². The molecule has 0 fully saturated rings. The summed E-state index contributed by atoms with van der Waals surface area (Å²) in [7, 11) is 0. The minimum Gasteiger partial charge on any atom is -0.545 e. The van der Waals surface area contributed by atoms with E-state index < -0.39 is 11.9 Å². The van der Waals surface area contributed by atoms with Crippen LogP contribution in [0.5, 0.6) is 0 Å². The van der Waals surface area contributed by atoms with Crippen LogP contribution in [0.2, 0.25) is 0 Å². The summed E-state index contributed by atoms with van der Waals surface area (Å²) in [6.45, 7) is 0. The third kappa shape index (κ3) is 12.8. The van der Waals surface area contributed by atoms with Crippen LogP contribution >= 0.6 is 0 Å². The van der Waals surface area contributed by atoms with Gasteiger partial charge >= 0.3 is 37.7 Å². The Morgan fingerprint density at radius 3 is 1.36 bits per heavy atom. The van der Waals surface area contributed by atoms with E-state index in [-0.39, 0.29) is 37.7 Å². The van der Waals surface area contributed by atoms with Crippen LogP contribution < -0.4 is 10.2 Å². The maximum absolute atomic E-state index is 9.65. The van der Waals surface area contributed by atoms with E-state index in [4.69, 9.17) is 0 Å². The van der Waals surface area contributed by atoms with Crippen molar-refractivity contribution < 1.29 is 19.8 Å². The summed E-state index contributed by atoms with van der Waals surface area (Å²) in [5.41, 5.74) is 0. The molecule has 0 heterocycles. The molecular formula is C6H4CaO4. The topological polar surface area (TPSA) is 80.3 Å². The van der Waals surface area contributed by atoms with Crippen LogP contribution in [0.1, 0.15) is 0 Å². The standard InChI is InChI=1S/C6H6O4.Ca/c7-5(8)3-1-2-4-6(9)10;/h1-4H,(H,7,8)(H,9,10);/q;+2/p-2/b3-1+,4-2+;. The van der Waals surface area contributed by atoms with E-state index in [0.29, 0.717) is 12.2 Å². The van der Waals surface area contributed by atoms with E-state index in [1.54, 1.807) is 0 Å². The van der Waals surface area contributed by atoms with Crippen LogP contribution in [-0.4, -0.2) is 49.7 Å². The van der Waals surface area contributed by atoms with Gasteiger partial charge in [-0.3, -0.25) is 0 Å². The number of rotatable bonds is 3. The third-order valence-electron chi connectivity index (χ3n) is 0.576. The Kier molecular flexibility index (Phi) is 9.40. The Labute approximate surface area is 93.2 Å². The Morgan fingerprint density at radius 2 is 1.18 bits per heavy atom. The van der Waals surface area contributed by atoms with Gasteiger partial charge in [-0.15, -0.1) is 0 Å². The zero-order chi connectivity index (χ0) is 7.98. The number of aliphatic carboxylic acids is 2. The molecule has 0 rings (SSSR count). The number of carboxylic acid groups (broad SMARTS) is 2. The first-order valence-electron chi connectivity index (χ1n) is 2.39. The van der Waals surface area contributed by atoms with Gasteiger partial charge in [-0.25, -0.2) is 0 Å². The number of carboxylic acids is 2. The van der Waals surface area contributed by atoms with Crippen molar-refractivity contribution in [2.24, 2.45) is 0 Å². The molecule has 0 aliphatic carbocycles. The predicted octanol–water partition coefficient (Wildman–Crippen LogP) is -2.78. The maximum Gasteiger partial charge on any atom is 2.00 e. The quantitative estimate of drug-likeness (QED) is 0.267. The normalized spacial score (nSPS) is 9.82. The average molecular weight is 180 g/mol. The molecule has 0 aliphatic heterocycles. The molecular weight excluding hydrogens is 176 g/mol. The summed E-state index contributed by atoms with van der Waals surface area (Å²) in [5, 5.41) is 19.3. The molecule has 0 amide bonds. The first-order chi connectivity index (χ1) is 4.63. The van der Waals surface area contributed by atoms with E-state index in [1.807, 2.05) is 0 Å². The van der Waals surface area contributed by atoms with Crippen LogP contribution in [0.15, 0.2) is 24.3 Å². The van der Waals surface area contributed by atoms with Crippen LogP contribution in [-0.2, 0) is 9.59 Å². The zero-order valence-electron chi connectivity index (χ0n) is 5.65. The van der Waals surface area contributed by atoms with Gasteiger partial charge in [0.2, 0.25) is 0 Å². The second-order valence-electron chi connectivity index (χ2n) is 1.36. The second kappa shape index (κ2) is 7.78. The first kappa shape index (κ1) is 13.3. The van der Waals surface area contributed by atoms with Crippen molar-refractivity contribution in [3.8, 4) is 0 Å². The maximum atomic E-state index is 9.65. The van der Waals surface area contributed by atoms with Crippen molar-refractivity contribution in [3.05, 3.63) is 24.3 Å². The first-order valence-corrected chi connectivity index (χ1v) is 2.39. The van der Waals surface area contributed by atoms with Crippen LogP contribution in [0, 0.1) is 0 Å². The minimum atomic E-state index is -1.37. The predicted molar refractivity (Wildman–Crippen MR) is 34.0 cm³/mol. The van der Waals surface area contributed by atoms with Gasteiger partial charge in [0.1, 0.15) is 0 Å². The molecule has 0 atom stereocenters. The fourth-order valence-corrected chi connectivity index (χ4v) is 0.268. The molecule has 0 aromatic rings. The van der Waals surface area contributed by atoms with E-state index >= 15 is 0 Å². The Balaban J connectivity index is 0. The third-order valence-corrected chi connectivity index (χ3v) is 0.576. The fourth-order valence-electron chi connectivity index (χ4n) is 0.268. The Bertz CT molecular complexity index is 173. The van der Waals surface area contributed by atoms with Gasteiger partial charge in [0.05, 0.1) is 11.9 Å². The van der Waals surface area contributed by atoms with Gasteiger partial charge in [0.15, 0.2) is 0 Å². The van der Waals surface area contributed by atoms with Crippen molar-refractivity contribution in [3.63, 3.8) is 0 Å². The van der Waals surface area contributed by atoms with Crippen LogP contribution in [0.3, 0.4) is 0 Å². The summed E-state index contributed by atoms with van der Waals surface area (Å²) in [4.78, 5) is 19.3. The van der Waals surface area contributed by atoms with Crippen LogP contribution in [0.25, 0.3) is 0 Å². The molecule has 0 N–H and O–H groups in total. The second-order valence-corrected chi connectivity index (χ2v) is 1.36. The van der Waals surface area contributed by atoms with E-state index in [0.717, 1.165) is 12.2 Å². The molecule has 0 aliphatic rings. The van der Waals surface area contributed by atoms with E-state index in [9.17, 15) is 19.8 Å². The molecule has 0 aromatic carbocycles. The van der Waals surface area contributed by atoms with E-state index in [1.165, 1.54) is 0 Å². The zero-order valence-corrected chi connectivity index (χ0v) is 7.86. The van der Waals surface area contributed by atoms with Crippen molar-refractivity contribution in [1.29, 1.82) is 0 Å². The molecule has 0 saturated heterocycles. The summed E-state index contributed by atoms with van der Waals surface area (Å²) in [6.07, 6.45) is 3.48. The number of carbonyl (C=O) groups is 2. The fraction of sp³-hybridized carbons (Fsp3) is 0. The van der Waals surface area contributed by atoms with Gasteiger partial charge in [-0.05, 0) is 12.2 Å². The molecule has 0 radical (unpaired) electrons. The van der Waals surface area contributed by atoms with Gasteiger partial charge < -0.3 is 19.8 Å². The molecule has 0 unspecified atom stereocenters. The molecule has 0 bridgehead atoms. The molecule has 4 nitrogen and oxygen atoms in total. The summed E-state index contributed by atoms with van der Waals surface area (Å²) >= 11 is 0. The smallest absolute Gasteiger partial charge is 0.545 e. The van der Waals surface area contributed by atoms with Crippen molar-refractivity contribution >= 4 is 49.7 Å². The number of allylic oxidation sites excluding steroid dienone is 2. The average Bonchev–Trinajstić information content (AvgIpc) is 1.79. The number of carbonyl (C=O) groups excluding carboxylic acids is 2. The number of hydrogen-bond donors (Lipinski definition) is 0. The van der Waals surface area contributed by atoms with Gasteiger partial charge in [-0.2, -0.15) is 0 Å². The molecule has 54 valence electrons. The molecule has 11 heavy (non-hydrogen) atoms. The van der Waals surface area contributed by atoms with Gasteiger partial charge in [0, 0.05) is 0 Å². The van der Waals surface area contributed by atoms with Crippen molar-refractivity contribution in [2.75, 3.05) is 0 Å². The molecule has 0 spiro atoms. The van der Waals surface area contributed by atoms with Crippen molar-refractivity contribution in [2.45, 2.75) is 0 Å². The Morgan fingerprint density at radius 1 is 0.909 bits per heavy atom.